The molecule has 0 spiro atoms. The Labute approximate surface area is 107 Å². The Morgan fingerprint density at radius 2 is 1.28 bits per heavy atom. The zero-order valence-electron chi connectivity index (χ0n) is 10.9. The van der Waals surface area contributed by atoms with Gasteiger partial charge in [-0.2, -0.15) is 0 Å². The number of carbonyl (C=O) groups is 3. The highest BCUT2D eigenvalue weighted by molar-refractivity contribution is 6.01. The number of amides is 3. The molecule has 102 valence electrons. The van der Waals surface area contributed by atoms with Gasteiger partial charge in [-0.25, -0.2) is 0 Å². The minimum atomic E-state index is -0.716. The van der Waals surface area contributed by atoms with Crippen LogP contribution in [0.25, 0.3) is 0 Å². The summed E-state index contributed by atoms with van der Waals surface area (Å²) >= 11 is 0. The molecule has 18 heavy (non-hydrogen) atoms. The molecular weight excluding hydrogens is 234 g/mol. The molecule has 3 amide bonds. The van der Waals surface area contributed by atoms with Gasteiger partial charge in [-0.3, -0.25) is 14.4 Å². The first-order chi connectivity index (χ1) is 8.45. The average Bonchev–Trinajstić information content (AvgIpc) is 3.03. The van der Waals surface area contributed by atoms with E-state index in [0.29, 0.717) is 13.1 Å². The van der Waals surface area contributed by atoms with Crippen LogP contribution in [0.1, 0.15) is 26.7 Å². The number of primary amides is 2. The molecule has 1 rings (SSSR count). The first-order valence-corrected chi connectivity index (χ1v) is 6.33. The molecular formula is C12H21N3O3. The highest BCUT2D eigenvalue weighted by Gasteiger charge is 2.62. The second-order valence-corrected chi connectivity index (χ2v) is 4.71. The zero-order valence-corrected chi connectivity index (χ0v) is 10.9. The predicted octanol–water partition coefficient (Wildman–Crippen LogP) is -0.532. The third kappa shape index (κ3) is 2.80. The summed E-state index contributed by atoms with van der Waals surface area (Å²) in [5.74, 6) is -3.49. The van der Waals surface area contributed by atoms with Gasteiger partial charge in [0.2, 0.25) is 17.7 Å². The van der Waals surface area contributed by atoms with E-state index in [9.17, 15) is 14.4 Å². The van der Waals surface area contributed by atoms with E-state index in [1.54, 1.807) is 4.90 Å². The Balaban J connectivity index is 2.76. The molecule has 0 radical (unpaired) electrons. The molecule has 6 heteroatoms. The van der Waals surface area contributed by atoms with Crippen molar-refractivity contribution >= 4 is 17.7 Å². The number of carbonyl (C=O) groups excluding carboxylic acids is 3. The largest absolute Gasteiger partial charge is 0.369 e. The van der Waals surface area contributed by atoms with Gasteiger partial charge in [0.15, 0.2) is 0 Å². The molecule has 0 bridgehead atoms. The molecule has 4 N–H and O–H groups in total. The van der Waals surface area contributed by atoms with Crippen LogP contribution in [-0.2, 0) is 14.4 Å². The molecule has 1 saturated carbocycles. The quantitative estimate of drug-likeness (QED) is 0.638. The summed E-state index contributed by atoms with van der Waals surface area (Å²) in [6, 6.07) is 0. The third-order valence-corrected chi connectivity index (χ3v) is 3.26. The predicted molar refractivity (Wildman–Crippen MR) is 66.0 cm³/mol. The number of nitrogens with zero attached hydrogens (tertiary/aromatic N) is 1. The van der Waals surface area contributed by atoms with Gasteiger partial charge in [0.1, 0.15) is 0 Å². The summed E-state index contributed by atoms with van der Waals surface area (Å²) in [7, 11) is 0. The van der Waals surface area contributed by atoms with E-state index in [1.807, 2.05) is 13.8 Å². The summed E-state index contributed by atoms with van der Waals surface area (Å²) in [4.78, 5) is 36.3. The number of rotatable bonds is 7. The lowest BCUT2D eigenvalue weighted by molar-refractivity contribution is -0.135. The fourth-order valence-electron chi connectivity index (χ4n) is 2.41. The average molecular weight is 255 g/mol. The highest BCUT2D eigenvalue weighted by atomic mass is 16.2. The van der Waals surface area contributed by atoms with Crippen molar-refractivity contribution in [1.82, 2.24) is 4.90 Å². The van der Waals surface area contributed by atoms with Crippen molar-refractivity contribution in [2.24, 2.45) is 29.2 Å². The minimum Gasteiger partial charge on any atom is -0.369 e. The summed E-state index contributed by atoms with van der Waals surface area (Å²) in [6.45, 7) is 5.19. The van der Waals surface area contributed by atoms with Crippen LogP contribution in [-0.4, -0.2) is 35.7 Å². The lowest BCUT2D eigenvalue weighted by Gasteiger charge is -2.21. The molecule has 0 heterocycles. The fourth-order valence-corrected chi connectivity index (χ4v) is 2.41. The highest BCUT2D eigenvalue weighted by Crippen LogP contribution is 2.47. The van der Waals surface area contributed by atoms with Crippen LogP contribution < -0.4 is 11.5 Å². The van der Waals surface area contributed by atoms with Crippen LogP contribution in [0.4, 0.5) is 0 Å². The number of hydrogen-bond acceptors (Lipinski definition) is 3. The second-order valence-electron chi connectivity index (χ2n) is 4.71. The van der Waals surface area contributed by atoms with Gasteiger partial charge in [-0.1, -0.05) is 13.8 Å². The Morgan fingerprint density at radius 3 is 1.56 bits per heavy atom. The lowest BCUT2D eigenvalue weighted by Crippen LogP contribution is -2.35. The van der Waals surface area contributed by atoms with Gasteiger partial charge in [-0.05, 0) is 12.8 Å². The molecule has 6 nitrogen and oxygen atoms in total. The van der Waals surface area contributed by atoms with E-state index in [4.69, 9.17) is 11.5 Å². The van der Waals surface area contributed by atoms with Crippen LogP contribution in [0.5, 0.6) is 0 Å². The van der Waals surface area contributed by atoms with Gasteiger partial charge in [0.25, 0.3) is 0 Å². The van der Waals surface area contributed by atoms with E-state index in [2.05, 4.69) is 0 Å². The van der Waals surface area contributed by atoms with E-state index in [0.717, 1.165) is 12.8 Å². The standard InChI is InChI=1S/C12H21N3O3/c1-3-5-15(6-4-2)12(18)9-7(10(13)16)8(9)11(14)17/h7-9H,3-6H2,1-2H3,(H2,13,16)(H2,14,17). The maximum atomic E-state index is 12.2. The van der Waals surface area contributed by atoms with Crippen molar-refractivity contribution in [3.05, 3.63) is 0 Å². The monoisotopic (exact) mass is 255 g/mol. The maximum absolute atomic E-state index is 12.2. The third-order valence-electron chi connectivity index (χ3n) is 3.26. The Bertz CT molecular complexity index is 330. The van der Waals surface area contributed by atoms with E-state index in [-0.39, 0.29) is 5.91 Å². The van der Waals surface area contributed by atoms with Crippen molar-refractivity contribution in [3.8, 4) is 0 Å². The normalized spacial score (nSPS) is 25.6. The summed E-state index contributed by atoms with van der Waals surface area (Å²) in [5, 5.41) is 0. The smallest absolute Gasteiger partial charge is 0.227 e. The van der Waals surface area contributed by atoms with Gasteiger partial charge < -0.3 is 16.4 Å². The zero-order chi connectivity index (χ0) is 13.9. The molecule has 1 aliphatic rings. The summed E-state index contributed by atoms with van der Waals surface area (Å²) in [5.41, 5.74) is 10.4. The second kappa shape index (κ2) is 5.84. The van der Waals surface area contributed by atoms with Gasteiger partial charge in [0.05, 0.1) is 17.8 Å². The fraction of sp³-hybridized carbons (Fsp3) is 0.750. The van der Waals surface area contributed by atoms with Gasteiger partial charge >= 0.3 is 0 Å². The Hall–Kier alpha value is -1.59. The Kier molecular flexibility index (Phi) is 4.69. The van der Waals surface area contributed by atoms with Crippen molar-refractivity contribution in [3.63, 3.8) is 0 Å². The molecule has 1 fully saturated rings. The van der Waals surface area contributed by atoms with Crippen molar-refractivity contribution < 1.29 is 14.4 Å². The maximum Gasteiger partial charge on any atom is 0.227 e. The molecule has 2 unspecified atom stereocenters. The van der Waals surface area contributed by atoms with Crippen LogP contribution in [0, 0.1) is 17.8 Å². The lowest BCUT2D eigenvalue weighted by atomic mass is 10.2. The summed E-state index contributed by atoms with van der Waals surface area (Å²) in [6.07, 6.45) is 1.67. The molecule has 0 aromatic rings. The minimum absolute atomic E-state index is 0.175. The van der Waals surface area contributed by atoms with Crippen LogP contribution >= 0.6 is 0 Å². The van der Waals surface area contributed by atoms with Crippen molar-refractivity contribution in [2.45, 2.75) is 26.7 Å². The molecule has 0 aromatic carbocycles. The SMILES string of the molecule is CCCN(CCC)C(=O)C1C(C(N)=O)C1C(N)=O. The van der Waals surface area contributed by atoms with Crippen LogP contribution in [0.3, 0.4) is 0 Å². The van der Waals surface area contributed by atoms with E-state index in [1.165, 1.54) is 0 Å². The summed E-state index contributed by atoms with van der Waals surface area (Å²) < 4.78 is 0. The first-order valence-electron chi connectivity index (χ1n) is 6.33. The topological polar surface area (TPSA) is 106 Å². The number of hydrogen-bond donors (Lipinski definition) is 2. The van der Waals surface area contributed by atoms with Crippen LogP contribution in [0.2, 0.25) is 0 Å². The van der Waals surface area contributed by atoms with Gasteiger partial charge in [0, 0.05) is 13.1 Å². The van der Waals surface area contributed by atoms with Crippen molar-refractivity contribution in [2.75, 3.05) is 13.1 Å². The Morgan fingerprint density at radius 1 is 0.889 bits per heavy atom. The number of nitrogens with two attached hydrogens (primary N) is 2. The van der Waals surface area contributed by atoms with Crippen LogP contribution in [0.15, 0.2) is 0 Å². The van der Waals surface area contributed by atoms with E-state index < -0.39 is 29.6 Å². The van der Waals surface area contributed by atoms with Crippen molar-refractivity contribution in [1.29, 1.82) is 0 Å². The molecule has 1 aliphatic carbocycles. The van der Waals surface area contributed by atoms with Gasteiger partial charge in [-0.15, -0.1) is 0 Å². The molecule has 2 atom stereocenters. The molecule has 0 saturated heterocycles. The first kappa shape index (κ1) is 14.5. The van der Waals surface area contributed by atoms with E-state index >= 15 is 0 Å². The molecule has 0 aromatic heterocycles. The molecule has 0 aliphatic heterocycles.